The van der Waals surface area contributed by atoms with E-state index in [0.717, 1.165) is 5.56 Å². The zero-order valence-electron chi connectivity index (χ0n) is 9.11. The maximum atomic E-state index is 9.83. The number of nitriles is 1. The molecule has 0 radical (unpaired) electrons. The van der Waals surface area contributed by atoms with Crippen LogP contribution in [-0.2, 0) is 0 Å². The Balaban J connectivity index is 2.54. The summed E-state index contributed by atoms with van der Waals surface area (Å²) < 4.78 is 0. The van der Waals surface area contributed by atoms with Gasteiger partial charge in [-0.05, 0) is 24.6 Å². The van der Waals surface area contributed by atoms with Gasteiger partial charge in [0.05, 0.1) is 5.02 Å². The van der Waals surface area contributed by atoms with Crippen LogP contribution in [0.25, 0.3) is 11.1 Å². The van der Waals surface area contributed by atoms with Crippen LogP contribution in [0.2, 0.25) is 5.02 Å². The molecule has 1 heterocycles. The van der Waals surface area contributed by atoms with E-state index in [9.17, 15) is 5.11 Å². The van der Waals surface area contributed by atoms with E-state index in [-0.39, 0.29) is 16.5 Å². The van der Waals surface area contributed by atoms with Crippen molar-refractivity contribution in [3.63, 3.8) is 0 Å². The molecule has 0 aliphatic carbocycles. The zero-order chi connectivity index (χ0) is 12.4. The van der Waals surface area contributed by atoms with E-state index in [4.69, 9.17) is 16.9 Å². The van der Waals surface area contributed by atoms with E-state index >= 15 is 0 Å². The summed E-state index contributed by atoms with van der Waals surface area (Å²) in [4.78, 5) is 3.93. The Kier molecular flexibility index (Phi) is 2.99. The number of halogens is 1. The summed E-state index contributed by atoms with van der Waals surface area (Å²) in [6.45, 7) is 1.90. The Bertz CT molecular complexity index is 617. The average Bonchev–Trinajstić information content (AvgIpc) is 2.29. The molecule has 2 aromatic rings. The highest BCUT2D eigenvalue weighted by molar-refractivity contribution is 6.31. The molecule has 0 saturated carbocycles. The maximum Gasteiger partial charge on any atom is 0.159 e. The zero-order valence-corrected chi connectivity index (χ0v) is 9.86. The standard InChI is InChI=1S/C13H9ClN2O/c1-8-2-3-10(13(17)4-8)9-5-11(14)12(6-15)16-7-9/h2-5,7,17H,1H3. The second kappa shape index (κ2) is 4.44. The topological polar surface area (TPSA) is 56.9 Å². The van der Waals surface area contributed by atoms with Gasteiger partial charge in [-0.25, -0.2) is 4.98 Å². The van der Waals surface area contributed by atoms with Crippen molar-refractivity contribution < 1.29 is 5.11 Å². The highest BCUT2D eigenvalue weighted by Crippen LogP contribution is 2.31. The molecule has 0 aliphatic rings. The minimum absolute atomic E-state index is 0.174. The fraction of sp³-hybridized carbons (Fsp3) is 0.0769. The Morgan fingerprint density at radius 1 is 1.35 bits per heavy atom. The third kappa shape index (κ3) is 2.22. The molecule has 4 heteroatoms. The fourth-order valence-electron chi connectivity index (χ4n) is 1.55. The van der Waals surface area contributed by atoms with Gasteiger partial charge in [-0.1, -0.05) is 23.7 Å². The molecule has 17 heavy (non-hydrogen) atoms. The molecule has 84 valence electrons. The smallest absolute Gasteiger partial charge is 0.159 e. The summed E-state index contributed by atoms with van der Waals surface area (Å²) in [7, 11) is 0. The first-order chi connectivity index (χ1) is 8.11. The Labute approximate surface area is 104 Å². The molecule has 0 bridgehead atoms. The molecule has 1 aromatic heterocycles. The van der Waals surface area contributed by atoms with Crippen molar-refractivity contribution in [2.24, 2.45) is 0 Å². The number of hydrogen-bond donors (Lipinski definition) is 1. The first-order valence-corrected chi connectivity index (χ1v) is 5.35. The number of benzene rings is 1. The van der Waals surface area contributed by atoms with E-state index in [1.807, 2.05) is 19.1 Å². The van der Waals surface area contributed by atoms with Crippen LogP contribution in [0.15, 0.2) is 30.5 Å². The van der Waals surface area contributed by atoms with Crippen molar-refractivity contribution in [1.82, 2.24) is 4.98 Å². The lowest BCUT2D eigenvalue weighted by Gasteiger charge is -2.06. The first-order valence-electron chi connectivity index (χ1n) is 4.97. The van der Waals surface area contributed by atoms with Gasteiger partial charge in [0.15, 0.2) is 5.69 Å². The largest absolute Gasteiger partial charge is 0.507 e. The molecule has 0 fully saturated rings. The predicted octanol–water partition coefficient (Wildman–Crippen LogP) is 3.29. The summed E-state index contributed by atoms with van der Waals surface area (Å²) in [6.07, 6.45) is 1.52. The third-order valence-corrected chi connectivity index (χ3v) is 2.70. The Morgan fingerprint density at radius 3 is 2.71 bits per heavy atom. The van der Waals surface area contributed by atoms with Crippen LogP contribution in [-0.4, -0.2) is 10.1 Å². The van der Waals surface area contributed by atoms with Crippen molar-refractivity contribution in [2.45, 2.75) is 6.92 Å². The van der Waals surface area contributed by atoms with Crippen molar-refractivity contribution in [2.75, 3.05) is 0 Å². The van der Waals surface area contributed by atoms with Crippen LogP contribution < -0.4 is 0 Å². The van der Waals surface area contributed by atoms with Gasteiger partial charge in [-0.3, -0.25) is 0 Å². The third-order valence-electron chi connectivity index (χ3n) is 2.41. The average molecular weight is 245 g/mol. The molecular weight excluding hydrogens is 236 g/mol. The second-order valence-corrected chi connectivity index (χ2v) is 4.09. The van der Waals surface area contributed by atoms with Crippen molar-refractivity contribution in [3.8, 4) is 22.9 Å². The molecule has 0 saturated heterocycles. The molecule has 0 spiro atoms. The minimum atomic E-state index is 0.174. The predicted molar refractivity (Wildman–Crippen MR) is 65.8 cm³/mol. The highest BCUT2D eigenvalue weighted by Gasteiger charge is 2.08. The van der Waals surface area contributed by atoms with Gasteiger partial charge in [0.2, 0.25) is 0 Å². The highest BCUT2D eigenvalue weighted by atomic mass is 35.5. The molecule has 0 aliphatic heterocycles. The van der Waals surface area contributed by atoms with Crippen LogP contribution in [0.1, 0.15) is 11.3 Å². The maximum absolute atomic E-state index is 9.83. The lowest BCUT2D eigenvalue weighted by atomic mass is 10.0. The van der Waals surface area contributed by atoms with Crippen molar-refractivity contribution in [1.29, 1.82) is 5.26 Å². The number of pyridine rings is 1. The second-order valence-electron chi connectivity index (χ2n) is 3.69. The molecule has 0 amide bonds. The summed E-state index contributed by atoms with van der Waals surface area (Å²) in [5.41, 5.74) is 2.49. The first kappa shape index (κ1) is 11.4. The number of rotatable bonds is 1. The number of phenolic OH excluding ortho intramolecular Hbond substituents is 1. The molecule has 1 N–H and O–H groups in total. The lowest BCUT2D eigenvalue weighted by Crippen LogP contribution is -1.87. The lowest BCUT2D eigenvalue weighted by molar-refractivity contribution is 0.477. The molecule has 2 rings (SSSR count). The van der Waals surface area contributed by atoms with E-state index in [1.165, 1.54) is 6.20 Å². The quantitative estimate of drug-likeness (QED) is 0.837. The van der Waals surface area contributed by atoms with Gasteiger partial charge in [-0.15, -0.1) is 0 Å². The van der Waals surface area contributed by atoms with Gasteiger partial charge in [0.1, 0.15) is 11.8 Å². The van der Waals surface area contributed by atoms with Crippen LogP contribution in [0.5, 0.6) is 5.75 Å². The van der Waals surface area contributed by atoms with E-state index in [1.54, 1.807) is 18.2 Å². The van der Waals surface area contributed by atoms with E-state index in [2.05, 4.69) is 4.98 Å². The SMILES string of the molecule is Cc1ccc(-c2cnc(C#N)c(Cl)c2)c(O)c1. The van der Waals surface area contributed by atoms with Gasteiger partial charge in [0.25, 0.3) is 0 Å². The van der Waals surface area contributed by atoms with Crippen molar-refractivity contribution >= 4 is 11.6 Å². The van der Waals surface area contributed by atoms with Crippen LogP contribution in [0.3, 0.4) is 0 Å². The number of aromatic nitrogens is 1. The van der Waals surface area contributed by atoms with Crippen LogP contribution in [0.4, 0.5) is 0 Å². The molecule has 1 aromatic carbocycles. The van der Waals surface area contributed by atoms with Gasteiger partial charge in [0, 0.05) is 17.3 Å². The van der Waals surface area contributed by atoms with Crippen LogP contribution >= 0.6 is 11.6 Å². The van der Waals surface area contributed by atoms with Gasteiger partial charge >= 0.3 is 0 Å². The monoisotopic (exact) mass is 244 g/mol. The summed E-state index contributed by atoms with van der Waals surface area (Å²) in [6, 6.07) is 8.87. The van der Waals surface area contributed by atoms with E-state index < -0.39 is 0 Å². The molecular formula is C13H9ClN2O. The van der Waals surface area contributed by atoms with Gasteiger partial charge < -0.3 is 5.11 Å². The van der Waals surface area contributed by atoms with E-state index in [0.29, 0.717) is 11.1 Å². The van der Waals surface area contributed by atoms with Crippen molar-refractivity contribution in [3.05, 3.63) is 46.7 Å². The Hall–Kier alpha value is -2.05. The fourth-order valence-corrected chi connectivity index (χ4v) is 1.76. The number of phenols is 1. The summed E-state index contributed by atoms with van der Waals surface area (Å²) in [5.74, 6) is 0.174. The number of aryl methyl sites for hydroxylation is 1. The Morgan fingerprint density at radius 2 is 2.12 bits per heavy atom. The normalized spacial score (nSPS) is 9.94. The molecule has 3 nitrogen and oxygen atoms in total. The number of aromatic hydroxyl groups is 1. The number of nitrogens with zero attached hydrogens (tertiary/aromatic N) is 2. The molecule has 0 atom stereocenters. The van der Waals surface area contributed by atoms with Crippen LogP contribution in [0, 0.1) is 18.3 Å². The summed E-state index contributed by atoms with van der Waals surface area (Å²) in [5, 5.41) is 18.8. The molecule has 0 unspecified atom stereocenters. The van der Waals surface area contributed by atoms with Gasteiger partial charge in [-0.2, -0.15) is 5.26 Å². The number of hydrogen-bond acceptors (Lipinski definition) is 3. The summed E-state index contributed by atoms with van der Waals surface area (Å²) >= 11 is 5.90. The minimum Gasteiger partial charge on any atom is -0.507 e.